The normalized spacial score (nSPS) is 9.94. The van der Waals surface area contributed by atoms with Crippen molar-refractivity contribution in [2.75, 3.05) is 5.32 Å². The molecule has 0 bridgehead atoms. The van der Waals surface area contributed by atoms with Gasteiger partial charge < -0.3 is 5.32 Å². The van der Waals surface area contributed by atoms with Gasteiger partial charge in [-0.25, -0.2) is 0 Å². The summed E-state index contributed by atoms with van der Waals surface area (Å²) in [6.45, 7) is 0.454. The second kappa shape index (κ2) is 4.80. The molecule has 0 saturated heterocycles. The summed E-state index contributed by atoms with van der Waals surface area (Å²) in [5.74, 6) is 0.591. The van der Waals surface area contributed by atoms with Crippen LogP contribution in [0.1, 0.15) is 11.4 Å². The molecule has 2 aromatic rings. The molecule has 0 fully saturated rings. The van der Waals surface area contributed by atoms with E-state index in [4.69, 9.17) is 16.9 Å². The summed E-state index contributed by atoms with van der Waals surface area (Å²) in [6, 6.07) is 7.13. The smallest absolute Gasteiger partial charge is 0.193 e. The summed E-state index contributed by atoms with van der Waals surface area (Å²) in [5.41, 5.74) is 1.26. The minimum Gasteiger partial charge on any atom is -0.378 e. The van der Waals surface area contributed by atoms with E-state index in [1.54, 1.807) is 25.2 Å². The van der Waals surface area contributed by atoms with Crippen LogP contribution in [-0.4, -0.2) is 20.2 Å². The fraction of sp³-hybridized carbons (Fsp3) is 0.200. The van der Waals surface area contributed by atoms with Crippen molar-refractivity contribution in [2.24, 2.45) is 7.05 Å². The van der Waals surface area contributed by atoms with Gasteiger partial charge in [0.25, 0.3) is 0 Å². The lowest BCUT2D eigenvalue weighted by Crippen LogP contribution is -2.02. The van der Waals surface area contributed by atoms with Crippen LogP contribution in [0.5, 0.6) is 0 Å². The second-order valence-corrected chi connectivity index (χ2v) is 3.76. The average Bonchev–Trinajstić information content (AvgIpc) is 2.73. The zero-order chi connectivity index (χ0) is 12.3. The van der Waals surface area contributed by atoms with Gasteiger partial charge in [-0.05, 0) is 23.4 Å². The number of aromatic nitrogens is 4. The van der Waals surface area contributed by atoms with Crippen LogP contribution in [0.4, 0.5) is 5.69 Å². The van der Waals surface area contributed by atoms with Gasteiger partial charge in [0.1, 0.15) is 6.07 Å². The Bertz CT molecular complexity index is 570. The first-order valence-corrected chi connectivity index (χ1v) is 5.23. The van der Waals surface area contributed by atoms with Gasteiger partial charge in [0.05, 0.1) is 24.2 Å². The van der Waals surface area contributed by atoms with Gasteiger partial charge in [-0.1, -0.05) is 11.6 Å². The number of aryl methyl sites for hydroxylation is 1. The van der Waals surface area contributed by atoms with E-state index in [9.17, 15) is 0 Å². The average molecular weight is 249 g/mol. The highest BCUT2D eigenvalue weighted by Gasteiger charge is 2.03. The van der Waals surface area contributed by atoms with Crippen LogP contribution in [0.15, 0.2) is 18.2 Å². The van der Waals surface area contributed by atoms with Crippen LogP contribution in [0.25, 0.3) is 0 Å². The Morgan fingerprint density at radius 2 is 2.35 bits per heavy atom. The zero-order valence-corrected chi connectivity index (χ0v) is 9.81. The van der Waals surface area contributed by atoms with Gasteiger partial charge in [0, 0.05) is 5.69 Å². The standard InChI is InChI=1S/C10H9ClN6/c1-17-15-10(14-16-17)6-13-8-3-2-7(5-12)9(11)4-8/h2-4,13H,6H2,1H3. The summed E-state index contributed by atoms with van der Waals surface area (Å²) in [7, 11) is 1.70. The van der Waals surface area contributed by atoms with E-state index < -0.39 is 0 Å². The molecule has 17 heavy (non-hydrogen) atoms. The Balaban J connectivity index is 2.05. The van der Waals surface area contributed by atoms with Gasteiger partial charge in [-0.2, -0.15) is 10.1 Å². The van der Waals surface area contributed by atoms with Crippen LogP contribution < -0.4 is 5.32 Å². The molecule has 0 saturated carbocycles. The first kappa shape index (κ1) is 11.4. The molecule has 1 heterocycles. The van der Waals surface area contributed by atoms with Crippen molar-refractivity contribution in [3.8, 4) is 6.07 Å². The quantitative estimate of drug-likeness (QED) is 0.887. The molecule has 0 spiro atoms. The maximum absolute atomic E-state index is 8.73. The third kappa shape index (κ3) is 2.71. The number of nitrogens with zero attached hydrogens (tertiary/aromatic N) is 5. The predicted octanol–water partition coefficient (Wildman–Crippen LogP) is 1.35. The molecule has 0 unspecified atom stereocenters. The fourth-order valence-electron chi connectivity index (χ4n) is 1.29. The molecular weight excluding hydrogens is 240 g/mol. The first-order valence-electron chi connectivity index (χ1n) is 4.85. The monoisotopic (exact) mass is 248 g/mol. The number of tetrazole rings is 1. The Morgan fingerprint density at radius 1 is 1.53 bits per heavy atom. The molecule has 0 aliphatic heterocycles. The van der Waals surface area contributed by atoms with E-state index in [-0.39, 0.29) is 0 Å². The third-order valence-corrected chi connectivity index (χ3v) is 2.40. The molecule has 1 aromatic carbocycles. The van der Waals surface area contributed by atoms with Crippen LogP contribution in [0.3, 0.4) is 0 Å². The van der Waals surface area contributed by atoms with Crippen molar-refractivity contribution < 1.29 is 0 Å². The number of hydrogen-bond donors (Lipinski definition) is 1. The van der Waals surface area contributed by atoms with Crippen LogP contribution in [-0.2, 0) is 13.6 Å². The van der Waals surface area contributed by atoms with E-state index in [1.807, 2.05) is 6.07 Å². The van der Waals surface area contributed by atoms with Gasteiger partial charge >= 0.3 is 0 Å². The van der Waals surface area contributed by atoms with Crippen LogP contribution >= 0.6 is 11.6 Å². The van der Waals surface area contributed by atoms with Crippen LogP contribution in [0, 0.1) is 11.3 Å². The fourth-order valence-corrected chi connectivity index (χ4v) is 1.51. The molecule has 0 atom stereocenters. The van der Waals surface area contributed by atoms with Gasteiger partial charge in [-0.3, -0.25) is 0 Å². The maximum Gasteiger partial charge on any atom is 0.193 e. The molecule has 1 aromatic heterocycles. The van der Waals surface area contributed by atoms with Crippen molar-refractivity contribution in [1.29, 1.82) is 5.26 Å². The number of halogens is 1. The van der Waals surface area contributed by atoms with Crippen LogP contribution in [0.2, 0.25) is 5.02 Å². The molecule has 0 aliphatic rings. The summed E-state index contributed by atoms with van der Waals surface area (Å²) in [6.07, 6.45) is 0. The number of nitrogens with one attached hydrogen (secondary N) is 1. The number of anilines is 1. The summed E-state index contributed by atoms with van der Waals surface area (Å²) in [4.78, 5) is 1.39. The molecular formula is C10H9ClN6. The molecule has 2 rings (SSSR count). The Labute approximate surface area is 103 Å². The van der Waals surface area contributed by atoms with Crippen molar-refractivity contribution in [2.45, 2.75) is 6.54 Å². The molecule has 1 N–H and O–H groups in total. The minimum absolute atomic E-state index is 0.421. The SMILES string of the molecule is Cn1nnc(CNc2ccc(C#N)c(Cl)c2)n1. The summed E-state index contributed by atoms with van der Waals surface area (Å²) in [5, 5.41) is 23.8. The number of benzene rings is 1. The molecule has 0 amide bonds. The molecule has 6 nitrogen and oxygen atoms in total. The van der Waals surface area contributed by atoms with E-state index in [1.165, 1.54) is 4.80 Å². The topological polar surface area (TPSA) is 79.4 Å². The Kier molecular flexibility index (Phi) is 3.21. The number of nitriles is 1. The lowest BCUT2D eigenvalue weighted by Gasteiger charge is -2.04. The lowest BCUT2D eigenvalue weighted by molar-refractivity contribution is 0.628. The first-order chi connectivity index (χ1) is 8.19. The van der Waals surface area contributed by atoms with Crippen molar-refractivity contribution in [1.82, 2.24) is 20.2 Å². The van der Waals surface area contributed by atoms with E-state index in [0.717, 1.165) is 5.69 Å². The minimum atomic E-state index is 0.421. The van der Waals surface area contributed by atoms with E-state index in [2.05, 4.69) is 20.7 Å². The Morgan fingerprint density at radius 3 is 2.94 bits per heavy atom. The van der Waals surface area contributed by atoms with Gasteiger partial charge in [0.2, 0.25) is 0 Å². The highest BCUT2D eigenvalue weighted by molar-refractivity contribution is 6.32. The Hall–Kier alpha value is -2.13. The van der Waals surface area contributed by atoms with Crippen molar-refractivity contribution in [3.63, 3.8) is 0 Å². The van der Waals surface area contributed by atoms with Crippen molar-refractivity contribution >= 4 is 17.3 Å². The van der Waals surface area contributed by atoms with Gasteiger partial charge in [-0.15, -0.1) is 10.2 Å². The summed E-state index contributed by atoms with van der Waals surface area (Å²) >= 11 is 5.91. The molecule has 0 radical (unpaired) electrons. The molecule has 86 valence electrons. The van der Waals surface area contributed by atoms with E-state index >= 15 is 0 Å². The lowest BCUT2D eigenvalue weighted by atomic mass is 10.2. The van der Waals surface area contributed by atoms with E-state index in [0.29, 0.717) is 23.0 Å². The number of rotatable bonds is 3. The second-order valence-electron chi connectivity index (χ2n) is 3.36. The molecule has 0 aliphatic carbocycles. The zero-order valence-electron chi connectivity index (χ0n) is 9.05. The summed E-state index contributed by atoms with van der Waals surface area (Å²) < 4.78 is 0. The maximum atomic E-state index is 8.73. The highest BCUT2D eigenvalue weighted by Crippen LogP contribution is 2.20. The van der Waals surface area contributed by atoms with Crippen molar-refractivity contribution in [3.05, 3.63) is 34.6 Å². The predicted molar refractivity (Wildman–Crippen MR) is 62.3 cm³/mol. The third-order valence-electron chi connectivity index (χ3n) is 2.09. The molecule has 7 heteroatoms. The highest BCUT2D eigenvalue weighted by atomic mass is 35.5. The van der Waals surface area contributed by atoms with Gasteiger partial charge in [0.15, 0.2) is 5.82 Å². The largest absolute Gasteiger partial charge is 0.378 e. The number of hydrogen-bond acceptors (Lipinski definition) is 5.